The van der Waals surface area contributed by atoms with Crippen LogP contribution < -0.4 is 10.2 Å². The fourth-order valence-corrected chi connectivity index (χ4v) is 3.33. The fraction of sp³-hybridized carbons (Fsp3) is 0.235. The monoisotopic (exact) mass is 353 g/mol. The summed E-state index contributed by atoms with van der Waals surface area (Å²) in [5, 5.41) is 2.89. The number of benzene rings is 1. The van der Waals surface area contributed by atoms with Gasteiger partial charge in [0, 0.05) is 31.3 Å². The van der Waals surface area contributed by atoms with Crippen LogP contribution in [0.4, 0.5) is 5.82 Å². The number of hydrogen-bond donors (Lipinski definition) is 1. The van der Waals surface area contributed by atoms with Crippen LogP contribution in [0.5, 0.6) is 0 Å². The Morgan fingerprint density at radius 3 is 2.92 bits per heavy atom. The number of carbonyl (C=O) groups excluding carboxylic acids is 2. The second kappa shape index (κ2) is 6.56. The SMILES string of the molecule is O=C(NCc1ccnc(N2CCCC2=O)c1)c1ccc2nsnc2c1. The molecule has 1 aliphatic rings. The maximum absolute atomic E-state index is 12.3. The van der Waals surface area contributed by atoms with Crippen LogP contribution in [0.2, 0.25) is 0 Å². The number of fused-ring (bicyclic) bond motifs is 1. The molecule has 3 heterocycles. The van der Waals surface area contributed by atoms with Gasteiger partial charge in [-0.3, -0.25) is 14.5 Å². The molecule has 0 radical (unpaired) electrons. The van der Waals surface area contributed by atoms with E-state index in [1.165, 1.54) is 0 Å². The first-order valence-electron chi connectivity index (χ1n) is 7.96. The molecule has 8 heteroatoms. The molecule has 3 aromatic rings. The number of pyridine rings is 1. The van der Waals surface area contributed by atoms with Crippen molar-refractivity contribution >= 4 is 40.4 Å². The zero-order valence-corrected chi connectivity index (χ0v) is 14.1. The first-order chi connectivity index (χ1) is 12.2. The number of nitrogens with one attached hydrogen (secondary N) is 1. The van der Waals surface area contributed by atoms with Crippen molar-refractivity contribution in [2.24, 2.45) is 0 Å². The molecule has 0 spiro atoms. The lowest BCUT2D eigenvalue weighted by Gasteiger charge is -2.15. The molecule has 0 unspecified atom stereocenters. The third-order valence-electron chi connectivity index (χ3n) is 4.13. The maximum atomic E-state index is 12.3. The summed E-state index contributed by atoms with van der Waals surface area (Å²) in [6.07, 6.45) is 3.08. The zero-order valence-electron chi connectivity index (χ0n) is 13.3. The quantitative estimate of drug-likeness (QED) is 0.776. The Hall–Kier alpha value is -2.87. The van der Waals surface area contributed by atoms with Crippen LogP contribution in [-0.2, 0) is 11.3 Å². The summed E-state index contributed by atoms with van der Waals surface area (Å²) in [4.78, 5) is 30.1. The number of nitrogens with zero attached hydrogens (tertiary/aromatic N) is 4. The summed E-state index contributed by atoms with van der Waals surface area (Å²) >= 11 is 1.13. The Morgan fingerprint density at radius 2 is 2.08 bits per heavy atom. The normalized spacial score (nSPS) is 14.2. The molecular formula is C17H15N5O2S. The van der Waals surface area contributed by atoms with Crippen LogP contribution in [0.15, 0.2) is 36.5 Å². The topological polar surface area (TPSA) is 88.1 Å². The molecule has 0 saturated carbocycles. The molecule has 1 aliphatic heterocycles. The lowest BCUT2D eigenvalue weighted by atomic mass is 10.2. The summed E-state index contributed by atoms with van der Waals surface area (Å²) in [7, 11) is 0. The van der Waals surface area contributed by atoms with Gasteiger partial charge in [0.2, 0.25) is 5.91 Å². The van der Waals surface area contributed by atoms with Crippen molar-refractivity contribution in [1.29, 1.82) is 0 Å². The number of amides is 2. The van der Waals surface area contributed by atoms with E-state index in [2.05, 4.69) is 19.0 Å². The highest BCUT2D eigenvalue weighted by atomic mass is 32.1. The lowest BCUT2D eigenvalue weighted by Crippen LogP contribution is -2.26. The number of aromatic nitrogens is 3. The standard InChI is InChI=1S/C17H15N5O2S/c23-16-2-1-7-22(16)15-8-11(5-6-18-15)10-19-17(24)12-3-4-13-14(9-12)21-25-20-13/h3-6,8-9H,1-2,7,10H2,(H,19,24). The van der Waals surface area contributed by atoms with E-state index < -0.39 is 0 Å². The van der Waals surface area contributed by atoms with Crippen molar-refractivity contribution in [2.75, 3.05) is 11.4 Å². The molecule has 2 amide bonds. The minimum Gasteiger partial charge on any atom is -0.348 e. The number of carbonyl (C=O) groups is 2. The number of anilines is 1. The Bertz CT molecular complexity index is 955. The fourth-order valence-electron chi connectivity index (χ4n) is 2.82. The summed E-state index contributed by atoms with van der Waals surface area (Å²) in [5.74, 6) is 0.564. The van der Waals surface area contributed by atoms with Gasteiger partial charge in [0.15, 0.2) is 0 Å². The minimum absolute atomic E-state index is 0.0962. The largest absolute Gasteiger partial charge is 0.348 e. The van der Waals surface area contributed by atoms with Gasteiger partial charge in [-0.15, -0.1) is 0 Å². The Balaban J connectivity index is 1.45. The van der Waals surface area contributed by atoms with E-state index in [-0.39, 0.29) is 11.8 Å². The van der Waals surface area contributed by atoms with Gasteiger partial charge in [-0.2, -0.15) is 8.75 Å². The van der Waals surface area contributed by atoms with Crippen molar-refractivity contribution in [1.82, 2.24) is 19.0 Å². The maximum Gasteiger partial charge on any atom is 0.251 e. The highest BCUT2D eigenvalue weighted by molar-refractivity contribution is 7.00. The van der Waals surface area contributed by atoms with Gasteiger partial charge in [-0.05, 0) is 42.3 Å². The van der Waals surface area contributed by atoms with Crippen molar-refractivity contribution < 1.29 is 9.59 Å². The van der Waals surface area contributed by atoms with Gasteiger partial charge in [-0.25, -0.2) is 4.98 Å². The second-order valence-corrected chi connectivity index (χ2v) is 6.35. The Morgan fingerprint density at radius 1 is 1.20 bits per heavy atom. The summed E-state index contributed by atoms with van der Waals surface area (Å²) in [5.41, 5.74) is 2.95. The van der Waals surface area contributed by atoms with Gasteiger partial charge < -0.3 is 5.32 Å². The molecule has 126 valence electrons. The summed E-state index contributed by atoms with van der Waals surface area (Å²) in [6.45, 7) is 1.06. The Labute approximate surface area is 148 Å². The highest BCUT2D eigenvalue weighted by Crippen LogP contribution is 2.20. The predicted molar refractivity (Wildman–Crippen MR) is 94.4 cm³/mol. The highest BCUT2D eigenvalue weighted by Gasteiger charge is 2.22. The molecular weight excluding hydrogens is 338 g/mol. The first kappa shape index (κ1) is 15.6. The van der Waals surface area contributed by atoms with E-state index in [4.69, 9.17) is 0 Å². The molecule has 0 bridgehead atoms. The van der Waals surface area contributed by atoms with Crippen molar-refractivity contribution in [3.05, 3.63) is 47.7 Å². The van der Waals surface area contributed by atoms with Gasteiger partial charge in [0.1, 0.15) is 16.9 Å². The average molecular weight is 353 g/mol. The molecule has 2 aromatic heterocycles. The van der Waals surface area contributed by atoms with Gasteiger partial charge >= 0.3 is 0 Å². The van der Waals surface area contributed by atoms with Crippen molar-refractivity contribution in [3.8, 4) is 0 Å². The molecule has 4 rings (SSSR count). The molecule has 0 atom stereocenters. The number of hydrogen-bond acceptors (Lipinski definition) is 6. The predicted octanol–water partition coefficient (Wildman–Crippen LogP) is 2.14. The molecule has 7 nitrogen and oxygen atoms in total. The first-order valence-corrected chi connectivity index (χ1v) is 8.69. The van der Waals surface area contributed by atoms with E-state index in [9.17, 15) is 9.59 Å². The molecule has 1 fully saturated rings. The molecule has 0 aliphatic carbocycles. The Kier molecular flexibility index (Phi) is 4.10. The van der Waals surface area contributed by atoms with Crippen molar-refractivity contribution in [3.63, 3.8) is 0 Å². The van der Waals surface area contributed by atoms with Crippen LogP contribution in [0.1, 0.15) is 28.8 Å². The molecule has 25 heavy (non-hydrogen) atoms. The zero-order chi connectivity index (χ0) is 17.2. The van der Waals surface area contributed by atoms with Gasteiger partial charge in [0.25, 0.3) is 5.91 Å². The summed E-state index contributed by atoms with van der Waals surface area (Å²) in [6, 6.07) is 8.93. The van der Waals surface area contributed by atoms with Crippen LogP contribution >= 0.6 is 11.7 Å². The van der Waals surface area contributed by atoms with E-state index in [0.717, 1.165) is 34.7 Å². The van der Waals surface area contributed by atoms with Crippen LogP contribution in [0.3, 0.4) is 0 Å². The van der Waals surface area contributed by atoms with E-state index >= 15 is 0 Å². The van der Waals surface area contributed by atoms with Gasteiger partial charge in [-0.1, -0.05) is 0 Å². The van der Waals surface area contributed by atoms with Gasteiger partial charge in [0.05, 0.1) is 11.7 Å². The molecule has 1 saturated heterocycles. The number of rotatable bonds is 4. The van der Waals surface area contributed by atoms with Crippen LogP contribution in [0.25, 0.3) is 11.0 Å². The molecule has 1 N–H and O–H groups in total. The minimum atomic E-state index is -0.175. The third kappa shape index (κ3) is 3.20. The average Bonchev–Trinajstić information content (AvgIpc) is 3.27. The second-order valence-electron chi connectivity index (χ2n) is 5.82. The smallest absolute Gasteiger partial charge is 0.251 e. The van der Waals surface area contributed by atoms with E-state index in [0.29, 0.717) is 30.9 Å². The van der Waals surface area contributed by atoms with E-state index in [1.54, 1.807) is 29.3 Å². The molecule has 1 aromatic carbocycles. The van der Waals surface area contributed by atoms with E-state index in [1.807, 2.05) is 12.1 Å². The van der Waals surface area contributed by atoms with Crippen molar-refractivity contribution in [2.45, 2.75) is 19.4 Å². The van der Waals surface area contributed by atoms with Crippen LogP contribution in [-0.4, -0.2) is 32.1 Å². The summed E-state index contributed by atoms with van der Waals surface area (Å²) < 4.78 is 8.27. The van der Waals surface area contributed by atoms with Crippen LogP contribution in [0, 0.1) is 0 Å². The third-order valence-corrected chi connectivity index (χ3v) is 4.69. The lowest BCUT2D eigenvalue weighted by molar-refractivity contribution is -0.117.